The van der Waals surface area contributed by atoms with Gasteiger partial charge in [0.1, 0.15) is 5.75 Å². The van der Waals surface area contributed by atoms with Crippen LogP contribution in [0.15, 0.2) is 48.5 Å². The van der Waals surface area contributed by atoms with Crippen LogP contribution in [0.1, 0.15) is 5.56 Å². The van der Waals surface area contributed by atoms with Gasteiger partial charge in [-0.3, -0.25) is 4.79 Å². The number of carbonyl (C=O) groups is 2. The zero-order valence-electron chi connectivity index (χ0n) is 18.6. The first-order valence-corrected chi connectivity index (χ1v) is 10.3. The van der Waals surface area contributed by atoms with E-state index in [4.69, 9.17) is 18.9 Å². The lowest BCUT2D eigenvalue weighted by atomic mass is 10.2. The summed E-state index contributed by atoms with van der Waals surface area (Å²) in [6.07, 6.45) is 2.89. The second-order valence-electron chi connectivity index (χ2n) is 7.12. The Balaban J connectivity index is 1.44. The Morgan fingerprint density at radius 2 is 1.56 bits per heavy atom. The summed E-state index contributed by atoms with van der Waals surface area (Å²) in [6, 6.07) is 13.1. The van der Waals surface area contributed by atoms with E-state index < -0.39 is 5.97 Å². The maximum Gasteiger partial charge on any atom is 0.331 e. The minimum atomic E-state index is -0.579. The van der Waals surface area contributed by atoms with Crippen molar-refractivity contribution in [1.82, 2.24) is 4.90 Å². The van der Waals surface area contributed by atoms with Crippen molar-refractivity contribution in [3.8, 4) is 17.2 Å². The van der Waals surface area contributed by atoms with Crippen molar-refractivity contribution in [2.75, 3.05) is 59.0 Å². The molecule has 1 aliphatic heterocycles. The monoisotopic (exact) mass is 440 g/mol. The molecule has 170 valence electrons. The quantitative estimate of drug-likeness (QED) is 0.461. The van der Waals surface area contributed by atoms with Crippen LogP contribution in [-0.2, 0) is 14.3 Å². The van der Waals surface area contributed by atoms with Crippen LogP contribution in [0.2, 0.25) is 0 Å². The predicted octanol–water partition coefficient (Wildman–Crippen LogP) is 2.62. The summed E-state index contributed by atoms with van der Waals surface area (Å²) in [6.45, 7) is 2.29. The summed E-state index contributed by atoms with van der Waals surface area (Å²) >= 11 is 0. The lowest BCUT2D eigenvalue weighted by Gasteiger charge is -2.36. The molecule has 0 aliphatic carbocycles. The lowest BCUT2D eigenvalue weighted by Crippen LogP contribution is -2.49. The molecule has 8 heteroatoms. The van der Waals surface area contributed by atoms with Gasteiger partial charge >= 0.3 is 5.97 Å². The molecule has 2 aromatic rings. The average molecular weight is 440 g/mol. The van der Waals surface area contributed by atoms with E-state index in [-0.39, 0.29) is 12.5 Å². The zero-order chi connectivity index (χ0) is 22.9. The van der Waals surface area contributed by atoms with Crippen LogP contribution in [0.5, 0.6) is 17.2 Å². The van der Waals surface area contributed by atoms with Gasteiger partial charge < -0.3 is 28.7 Å². The van der Waals surface area contributed by atoms with Gasteiger partial charge in [-0.1, -0.05) is 6.07 Å². The second kappa shape index (κ2) is 11.1. The van der Waals surface area contributed by atoms with E-state index in [9.17, 15) is 9.59 Å². The molecule has 1 fully saturated rings. The molecular weight excluding hydrogens is 412 g/mol. The van der Waals surface area contributed by atoms with Gasteiger partial charge in [-0.05, 0) is 48.0 Å². The summed E-state index contributed by atoms with van der Waals surface area (Å²) < 4.78 is 20.7. The van der Waals surface area contributed by atoms with E-state index in [1.165, 1.54) is 6.08 Å². The highest BCUT2D eigenvalue weighted by Gasteiger charge is 2.22. The van der Waals surface area contributed by atoms with Gasteiger partial charge in [0, 0.05) is 37.9 Å². The Bertz CT molecular complexity index is 949. The standard InChI is InChI=1S/C24H28N2O6/c1-29-20-8-6-19(7-9-20)25-12-14-26(15-13-25)23(27)17-32-24(28)11-5-18-4-10-21(30-2)22(16-18)31-3/h4-11,16H,12-15,17H2,1-3H3. The highest BCUT2D eigenvalue weighted by Crippen LogP contribution is 2.28. The molecular formula is C24H28N2O6. The van der Waals surface area contributed by atoms with Crippen molar-refractivity contribution in [1.29, 1.82) is 0 Å². The zero-order valence-corrected chi connectivity index (χ0v) is 18.6. The van der Waals surface area contributed by atoms with Crippen LogP contribution < -0.4 is 19.1 Å². The Morgan fingerprint density at radius 3 is 2.19 bits per heavy atom. The summed E-state index contributed by atoms with van der Waals surface area (Å²) in [5.41, 5.74) is 1.84. The van der Waals surface area contributed by atoms with E-state index in [0.717, 1.165) is 17.0 Å². The molecule has 32 heavy (non-hydrogen) atoms. The molecule has 0 N–H and O–H groups in total. The fourth-order valence-electron chi connectivity index (χ4n) is 3.40. The molecule has 0 saturated carbocycles. The van der Waals surface area contributed by atoms with E-state index >= 15 is 0 Å². The first-order valence-electron chi connectivity index (χ1n) is 10.3. The molecule has 2 aromatic carbocycles. The van der Waals surface area contributed by atoms with Gasteiger partial charge in [-0.25, -0.2) is 4.79 Å². The van der Waals surface area contributed by atoms with Crippen molar-refractivity contribution in [2.24, 2.45) is 0 Å². The van der Waals surface area contributed by atoms with Crippen LogP contribution in [0.4, 0.5) is 5.69 Å². The number of nitrogens with zero attached hydrogens (tertiary/aromatic N) is 2. The SMILES string of the molecule is COc1ccc(N2CCN(C(=O)COC(=O)C=Cc3ccc(OC)c(OC)c3)CC2)cc1. The number of methoxy groups -OCH3 is 3. The van der Waals surface area contributed by atoms with E-state index in [0.29, 0.717) is 37.7 Å². The highest BCUT2D eigenvalue weighted by atomic mass is 16.5. The smallest absolute Gasteiger partial charge is 0.331 e. The van der Waals surface area contributed by atoms with E-state index in [1.807, 2.05) is 24.3 Å². The number of esters is 1. The number of hydrogen-bond acceptors (Lipinski definition) is 7. The van der Waals surface area contributed by atoms with Crippen molar-refractivity contribution in [3.63, 3.8) is 0 Å². The number of ether oxygens (including phenoxy) is 4. The number of carbonyl (C=O) groups excluding carboxylic acids is 2. The minimum absolute atomic E-state index is 0.202. The van der Waals surface area contributed by atoms with Crippen LogP contribution >= 0.6 is 0 Å². The molecule has 0 aromatic heterocycles. The first-order chi connectivity index (χ1) is 15.5. The highest BCUT2D eigenvalue weighted by molar-refractivity contribution is 5.89. The lowest BCUT2D eigenvalue weighted by molar-refractivity contribution is -0.148. The predicted molar refractivity (Wildman–Crippen MR) is 121 cm³/mol. The van der Waals surface area contributed by atoms with Crippen LogP contribution in [-0.4, -0.2) is 70.9 Å². The van der Waals surface area contributed by atoms with Gasteiger partial charge in [0.05, 0.1) is 21.3 Å². The van der Waals surface area contributed by atoms with Crippen molar-refractivity contribution in [3.05, 3.63) is 54.1 Å². The van der Waals surface area contributed by atoms with Crippen LogP contribution in [0, 0.1) is 0 Å². The normalized spacial score (nSPS) is 13.7. The number of amides is 1. The molecule has 0 radical (unpaired) electrons. The minimum Gasteiger partial charge on any atom is -0.497 e. The molecule has 0 atom stereocenters. The third-order valence-corrected chi connectivity index (χ3v) is 5.23. The van der Waals surface area contributed by atoms with Crippen molar-refractivity contribution < 1.29 is 28.5 Å². The van der Waals surface area contributed by atoms with Crippen LogP contribution in [0.25, 0.3) is 6.08 Å². The third-order valence-electron chi connectivity index (χ3n) is 5.23. The number of piperazine rings is 1. The Kier molecular flexibility index (Phi) is 7.96. The third kappa shape index (κ3) is 5.94. The number of benzene rings is 2. The summed E-state index contributed by atoms with van der Waals surface area (Å²) in [4.78, 5) is 28.4. The molecule has 0 bridgehead atoms. The van der Waals surface area contributed by atoms with Gasteiger partial charge in [0.2, 0.25) is 0 Å². The van der Waals surface area contributed by atoms with E-state index in [2.05, 4.69) is 4.90 Å². The van der Waals surface area contributed by atoms with Gasteiger partial charge in [-0.2, -0.15) is 0 Å². The summed E-state index contributed by atoms with van der Waals surface area (Å²) in [5, 5.41) is 0. The molecule has 1 amide bonds. The number of hydrogen-bond donors (Lipinski definition) is 0. The molecule has 0 unspecified atom stereocenters. The molecule has 1 aliphatic rings. The molecule has 1 saturated heterocycles. The Labute approximate surface area is 187 Å². The van der Waals surface area contributed by atoms with E-state index in [1.54, 1.807) is 50.5 Å². The maximum atomic E-state index is 12.4. The molecule has 0 spiro atoms. The maximum absolute atomic E-state index is 12.4. The summed E-state index contributed by atoms with van der Waals surface area (Å²) in [5.74, 6) is 1.19. The molecule has 1 heterocycles. The average Bonchev–Trinajstić information content (AvgIpc) is 2.85. The molecule has 3 rings (SSSR count). The second-order valence-corrected chi connectivity index (χ2v) is 7.12. The van der Waals surface area contributed by atoms with Crippen LogP contribution in [0.3, 0.4) is 0 Å². The topological polar surface area (TPSA) is 77.5 Å². The fraction of sp³-hybridized carbons (Fsp3) is 0.333. The summed E-state index contributed by atoms with van der Waals surface area (Å²) in [7, 11) is 4.74. The van der Waals surface area contributed by atoms with Crippen molar-refractivity contribution >= 4 is 23.6 Å². The molecule has 8 nitrogen and oxygen atoms in total. The first kappa shape index (κ1) is 23.0. The van der Waals surface area contributed by atoms with Gasteiger partial charge in [-0.15, -0.1) is 0 Å². The Hall–Kier alpha value is -3.68. The largest absolute Gasteiger partial charge is 0.497 e. The van der Waals surface area contributed by atoms with Crippen molar-refractivity contribution in [2.45, 2.75) is 0 Å². The van der Waals surface area contributed by atoms with Gasteiger partial charge in [0.25, 0.3) is 5.91 Å². The number of rotatable bonds is 8. The Morgan fingerprint density at radius 1 is 0.875 bits per heavy atom. The number of anilines is 1. The fourth-order valence-corrected chi connectivity index (χ4v) is 3.40. The van der Waals surface area contributed by atoms with Gasteiger partial charge in [0.15, 0.2) is 18.1 Å².